The summed E-state index contributed by atoms with van der Waals surface area (Å²) in [6.07, 6.45) is 0.135. The minimum absolute atomic E-state index is 0.135. The monoisotopic (exact) mass is 190 g/mol. The van der Waals surface area contributed by atoms with E-state index in [4.69, 9.17) is 23.1 Å². The molecule has 12 heavy (non-hydrogen) atoms. The summed E-state index contributed by atoms with van der Waals surface area (Å²) in [4.78, 5) is 12.5. The Labute approximate surface area is 77.3 Å². The molecule has 4 nitrogen and oxygen atoms in total. The first-order valence-corrected chi connectivity index (χ1v) is 4.19. The second kappa shape index (κ2) is 5.91. The SMILES string of the molecule is CCN(CCC(=O)O)CC(N)=S. The van der Waals surface area contributed by atoms with E-state index in [0.29, 0.717) is 18.1 Å². The summed E-state index contributed by atoms with van der Waals surface area (Å²) in [6, 6.07) is 0. The largest absolute Gasteiger partial charge is 0.481 e. The highest BCUT2D eigenvalue weighted by Crippen LogP contribution is 1.90. The Morgan fingerprint density at radius 2 is 2.25 bits per heavy atom. The molecule has 5 heteroatoms. The first kappa shape index (κ1) is 11.3. The summed E-state index contributed by atoms with van der Waals surface area (Å²) >= 11 is 4.71. The molecule has 0 spiro atoms. The van der Waals surface area contributed by atoms with E-state index >= 15 is 0 Å². The van der Waals surface area contributed by atoms with E-state index < -0.39 is 5.97 Å². The Bertz CT molecular complexity index is 173. The van der Waals surface area contributed by atoms with Crippen LogP contribution in [0, 0.1) is 0 Å². The second-order valence-corrected chi connectivity index (χ2v) is 3.00. The third-order valence-corrected chi connectivity index (χ3v) is 1.60. The van der Waals surface area contributed by atoms with E-state index in [0.717, 1.165) is 6.54 Å². The lowest BCUT2D eigenvalue weighted by molar-refractivity contribution is -0.137. The minimum atomic E-state index is -0.795. The van der Waals surface area contributed by atoms with Crippen molar-refractivity contribution in [2.24, 2.45) is 5.73 Å². The van der Waals surface area contributed by atoms with Gasteiger partial charge in [-0.1, -0.05) is 19.1 Å². The van der Waals surface area contributed by atoms with Crippen LogP contribution in [0.2, 0.25) is 0 Å². The number of nitrogens with zero attached hydrogens (tertiary/aromatic N) is 1. The van der Waals surface area contributed by atoms with Crippen LogP contribution in [-0.2, 0) is 4.79 Å². The number of hydrogen-bond acceptors (Lipinski definition) is 3. The molecule has 0 saturated carbocycles. The first-order chi connectivity index (χ1) is 5.56. The zero-order chi connectivity index (χ0) is 9.56. The molecule has 0 fully saturated rings. The number of nitrogens with two attached hydrogens (primary N) is 1. The van der Waals surface area contributed by atoms with Crippen molar-refractivity contribution in [2.45, 2.75) is 13.3 Å². The van der Waals surface area contributed by atoms with Crippen molar-refractivity contribution in [3.63, 3.8) is 0 Å². The van der Waals surface area contributed by atoms with Gasteiger partial charge in [0.25, 0.3) is 0 Å². The molecule has 0 aromatic rings. The molecule has 0 aromatic heterocycles. The molecule has 0 atom stereocenters. The van der Waals surface area contributed by atoms with E-state index in [2.05, 4.69) is 0 Å². The lowest BCUT2D eigenvalue weighted by atomic mass is 10.3. The van der Waals surface area contributed by atoms with Crippen molar-refractivity contribution in [1.82, 2.24) is 4.90 Å². The van der Waals surface area contributed by atoms with Crippen molar-refractivity contribution in [3.05, 3.63) is 0 Å². The van der Waals surface area contributed by atoms with Gasteiger partial charge in [-0.05, 0) is 6.54 Å². The van der Waals surface area contributed by atoms with Crippen LogP contribution in [0.15, 0.2) is 0 Å². The average molecular weight is 190 g/mol. The normalized spacial score (nSPS) is 10.2. The number of rotatable bonds is 6. The fourth-order valence-corrected chi connectivity index (χ4v) is 1.01. The fraction of sp³-hybridized carbons (Fsp3) is 0.714. The quantitative estimate of drug-likeness (QED) is 0.580. The summed E-state index contributed by atoms with van der Waals surface area (Å²) < 4.78 is 0. The number of hydrogen-bond donors (Lipinski definition) is 2. The van der Waals surface area contributed by atoms with Gasteiger partial charge in [0.05, 0.1) is 11.4 Å². The zero-order valence-electron chi connectivity index (χ0n) is 7.12. The molecule has 0 unspecified atom stereocenters. The molecule has 0 bridgehead atoms. The highest BCUT2D eigenvalue weighted by molar-refractivity contribution is 7.80. The van der Waals surface area contributed by atoms with Gasteiger partial charge in [0.1, 0.15) is 0 Å². The van der Waals surface area contributed by atoms with Gasteiger partial charge in [-0.3, -0.25) is 9.69 Å². The molecule has 0 aliphatic carbocycles. The van der Waals surface area contributed by atoms with Crippen LogP contribution in [0.1, 0.15) is 13.3 Å². The molecule has 0 saturated heterocycles. The molecule has 70 valence electrons. The summed E-state index contributed by atoms with van der Waals surface area (Å²) in [5, 5.41) is 8.40. The van der Waals surface area contributed by atoms with Gasteiger partial charge in [0.2, 0.25) is 0 Å². The van der Waals surface area contributed by atoms with Gasteiger partial charge in [-0.15, -0.1) is 0 Å². The topological polar surface area (TPSA) is 66.6 Å². The maximum absolute atomic E-state index is 10.2. The lowest BCUT2D eigenvalue weighted by Crippen LogP contribution is -2.34. The number of carbonyl (C=O) groups is 1. The number of carboxylic acid groups (broad SMARTS) is 1. The van der Waals surface area contributed by atoms with Crippen molar-refractivity contribution in [1.29, 1.82) is 0 Å². The number of likely N-dealkylation sites (N-methyl/N-ethyl adjacent to an activating group) is 1. The smallest absolute Gasteiger partial charge is 0.304 e. The van der Waals surface area contributed by atoms with Crippen molar-refractivity contribution < 1.29 is 9.90 Å². The number of thiocarbonyl (C=S) groups is 1. The molecule has 0 rings (SSSR count). The fourth-order valence-electron chi connectivity index (χ4n) is 0.823. The minimum Gasteiger partial charge on any atom is -0.481 e. The van der Waals surface area contributed by atoms with Crippen LogP contribution < -0.4 is 5.73 Å². The van der Waals surface area contributed by atoms with E-state index in [1.807, 2.05) is 11.8 Å². The van der Waals surface area contributed by atoms with E-state index in [1.54, 1.807) is 0 Å². The molecule has 0 heterocycles. The lowest BCUT2D eigenvalue weighted by Gasteiger charge is -2.17. The Morgan fingerprint density at radius 3 is 2.58 bits per heavy atom. The first-order valence-electron chi connectivity index (χ1n) is 3.78. The molecule has 0 radical (unpaired) electrons. The summed E-state index contributed by atoms with van der Waals surface area (Å²) in [5.74, 6) is -0.795. The van der Waals surface area contributed by atoms with Gasteiger partial charge < -0.3 is 10.8 Å². The zero-order valence-corrected chi connectivity index (χ0v) is 7.93. The summed E-state index contributed by atoms with van der Waals surface area (Å²) in [5.41, 5.74) is 5.32. The molecule has 3 N–H and O–H groups in total. The predicted molar refractivity (Wildman–Crippen MR) is 51.2 cm³/mol. The van der Waals surface area contributed by atoms with Gasteiger partial charge in [-0.2, -0.15) is 0 Å². The van der Waals surface area contributed by atoms with Gasteiger partial charge >= 0.3 is 5.97 Å². The number of carboxylic acids is 1. The van der Waals surface area contributed by atoms with Gasteiger partial charge in [-0.25, -0.2) is 0 Å². The Balaban J connectivity index is 3.67. The second-order valence-electron chi connectivity index (χ2n) is 2.48. The van der Waals surface area contributed by atoms with Crippen LogP contribution >= 0.6 is 12.2 Å². The Morgan fingerprint density at radius 1 is 1.67 bits per heavy atom. The molecule has 0 aliphatic rings. The molecule has 0 aromatic carbocycles. The van der Waals surface area contributed by atoms with Gasteiger partial charge in [0, 0.05) is 13.1 Å². The number of aliphatic carboxylic acids is 1. The van der Waals surface area contributed by atoms with Crippen LogP contribution in [0.3, 0.4) is 0 Å². The molecule has 0 aliphatic heterocycles. The maximum Gasteiger partial charge on any atom is 0.304 e. The summed E-state index contributed by atoms with van der Waals surface area (Å²) in [6.45, 7) is 3.72. The van der Waals surface area contributed by atoms with Crippen LogP contribution in [-0.4, -0.2) is 40.6 Å². The van der Waals surface area contributed by atoms with E-state index in [1.165, 1.54) is 0 Å². The predicted octanol–water partition coefficient (Wildman–Crippen LogP) is 0.0691. The van der Waals surface area contributed by atoms with Crippen molar-refractivity contribution in [3.8, 4) is 0 Å². The van der Waals surface area contributed by atoms with E-state index in [-0.39, 0.29) is 6.42 Å². The average Bonchev–Trinajstić information content (AvgIpc) is 1.97. The molecule has 0 amide bonds. The molecular formula is C7H14N2O2S. The third kappa shape index (κ3) is 6.06. The molecular weight excluding hydrogens is 176 g/mol. The van der Waals surface area contributed by atoms with E-state index in [9.17, 15) is 4.79 Å². The highest BCUT2D eigenvalue weighted by atomic mass is 32.1. The van der Waals surface area contributed by atoms with Crippen LogP contribution in [0.4, 0.5) is 0 Å². The summed E-state index contributed by atoms with van der Waals surface area (Å²) in [7, 11) is 0. The Hall–Kier alpha value is -0.680. The maximum atomic E-state index is 10.2. The highest BCUT2D eigenvalue weighted by Gasteiger charge is 2.05. The van der Waals surface area contributed by atoms with Crippen LogP contribution in [0.25, 0.3) is 0 Å². The van der Waals surface area contributed by atoms with Gasteiger partial charge in [0.15, 0.2) is 0 Å². The van der Waals surface area contributed by atoms with Crippen LogP contribution in [0.5, 0.6) is 0 Å². The van der Waals surface area contributed by atoms with Crippen molar-refractivity contribution >= 4 is 23.2 Å². The Kier molecular flexibility index (Phi) is 5.57. The third-order valence-electron chi connectivity index (χ3n) is 1.47. The standard InChI is InChI=1S/C7H14N2O2S/c1-2-9(5-6(8)12)4-3-7(10)11/h2-5H2,1H3,(H2,8,12)(H,10,11). The van der Waals surface area contributed by atoms with Crippen molar-refractivity contribution in [2.75, 3.05) is 19.6 Å².